The molecule has 1 unspecified atom stereocenters. The summed E-state index contributed by atoms with van der Waals surface area (Å²) < 4.78 is 1.94. The summed E-state index contributed by atoms with van der Waals surface area (Å²) >= 11 is 0. The molecule has 1 aromatic heterocycles. The average molecular weight is 335 g/mol. The Bertz CT molecular complexity index is 765. The Balaban J connectivity index is 1.58. The molecule has 0 radical (unpaired) electrons. The molecule has 4 nitrogen and oxygen atoms in total. The first-order valence-corrected chi connectivity index (χ1v) is 8.77. The van der Waals surface area contributed by atoms with Crippen LogP contribution < -0.4 is 5.32 Å². The Labute approximate surface area is 149 Å². The van der Waals surface area contributed by atoms with Crippen molar-refractivity contribution in [1.82, 2.24) is 15.1 Å². The zero-order valence-electron chi connectivity index (χ0n) is 14.6. The molecule has 0 saturated carbocycles. The standard InChI is InChI=1S/C21H25N3O/c1-2-17-8-10-20(11-9-17)21(16-25)22-12-19-13-23-24(15-19)14-18-6-4-3-5-7-18/h3-11,13,15,21-22,25H,2,12,14,16H2,1H3. The zero-order valence-corrected chi connectivity index (χ0v) is 14.6. The van der Waals surface area contributed by atoms with Crippen LogP contribution in [-0.4, -0.2) is 21.5 Å². The second kappa shape index (κ2) is 8.60. The van der Waals surface area contributed by atoms with E-state index in [9.17, 15) is 5.11 Å². The third-order valence-electron chi connectivity index (χ3n) is 4.40. The number of aromatic nitrogens is 2. The van der Waals surface area contributed by atoms with Crippen LogP contribution >= 0.6 is 0 Å². The molecule has 0 aliphatic carbocycles. The van der Waals surface area contributed by atoms with E-state index in [0.717, 1.165) is 24.1 Å². The summed E-state index contributed by atoms with van der Waals surface area (Å²) in [5.74, 6) is 0. The first-order valence-electron chi connectivity index (χ1n) is 8.77. The molecule has 3 rings (SSSR count). The van der Waals surface area contributed by atoms with Crippen molar-refractivity contribution in [3.05, 3.63) is 89.2 Å². The minimum absolute atomic E-state index is 0.0663. The average Bonchev–Trinajstić information content (AvgIpc) is 3.11. The van der Waals surface area contributed by atoms with Crippen molar-refractivity contribution < 1.29 is 5.11 Å². The Hall–Kier alpha value is -2.43. The molecule has 0 spiro atoms. The van der Waals surface area contributed by atoms with Gasteiger partial charge in [0.15, 0.2) is 0 Å². The van der Waals surface area contributed by atoms with Crippen molar-refractivity contribution in [2.45, 2.75) is 32.5 Å². The van der Waals surface area contributed by atoms with E-state index >= 15 is 0 Å². The molecule has 25 heavy (non-hydrogen) atoms. The van der Waals surface area contributed by atoms with Gasteiger partial charge in [-0.2, -0.15) is 5.10 Å². The lowest BCUT2D eigenvalue weighted by atomic mass is 10.0. The van der Waals surface area contributed by atoms with Crippen molar-refractivity contribution in [1.29, 1.82) is 0 Å². The lowest BCUT2D eigenvalue weighted by molar-refractivity contribution is 0.243. The number of aliphatic hydroxyl groups is 1. The minimum atomic E-state index is -0.0663. The second-order valence-corrected chi connectivity index (χ2v) is 6.24. The highest BCUT2D eigenvalue weighted by Gasteiger charge is 2.10. The Kier molecular flexibility index (Phi) is 5.99. The van der Waals surface area contributed by atoms with Gasteiger partial charge < -0.3 is 10.4 Å². The van der Waals surface area contributed by atoms with E-state index in [1.807, 2.05) is 29.1 Å². The fourth-order valence-corrected chi connectivity index (χ4v) is 2.87. The highest BCUT2D eigenvalue weighted by molar-refractivity contribution is 5.25. The van der Waals surface area contributed by atoms with Crippen LogP contribution in [0, 0.1) is 0 Å². The van der Waals surface area contributed by atoms with Crippen molar-refractivity contribution in [3.8, 4) is 0 Å². The van der Waals surface area contributed by atoms with E-state index in [1.165, 1.54) is 11.1 Å². The van der Waals surface area contributed by atoms with Crippen LogP contribution in [0.3, 0.4) is 0 Å². The third kappa shape index (κ3) is 4.78. The van der Waals surface area contributed by atoms with Crippen LogP contribution in [0.4, 0.5) is 0 Å². The van der Waals surface area contributed by atoms with Gasteiger partial charge in [0.1, 0.15) is 0 Å². The van der Waals surface area contributed by atoms with Crippen molar-refractivity contribution in [2.75, 3.05) is 6.61 Å². The maximum atomic E-state index is 9.70. The summed E-state index contributed by atoms with van der Waals surface area (Å²) in [4.78, 5) is 0. The molecule has 2 aromatic carbocycles. The minimum Gasteiger partial charge on any atom is -0.394 e. The largest absolute Gasteiger partial charge is 0.394 e. The summed E-state index contributed by atoms with van der Waals surface area (Å²) in [6.45, 7) is 3.66. The smallest absolute Gasteiger partial charge is 0.0659 e. The molecular weight excluding hydrogens is 310 g/mol. The first-order chi connectivity index (χ1) is 12.3. The normalized spacial score (nSPS) is 12.2. The van der Waals surface area contributed by atoms with Crippen molar-refractivity contribution >= 4 is 0 Å². The fraction of sp³-hybridized carbons (Fsp3) is 0.286. The van der Waals surface area contributed by atoms with E-state index in [4.69, 9.17) is 0 Å². The van der Waals surface area contributed by atoms with Crippen molar-refractivity contribution in [3.63, 3.8) is 0 Å². The number of hydrogen-bond donors (Lipinski definition) is 2. The van der Waals surface area contributed by atoms with E-state index in [-0.39, 0.29) is 12.6 Å². The highest BCUT2D eigenvalue weighted by Crippen LogP contribution is 2.15. The molecule has 0 fully saturated rings. The monoisotopic (exact) mass is 335 g/mol. The molecule has 4 heteroatoms. The maximum absolute atomic E-state index is 9.70. The first kappa shape index (κ1) is 17.4. The maximum Gasteiger partial charge on any atom is 0.0659 e. The van der Waals surface area contributed by atoms with Crippen LogP contribution in [0.15, 0.2) is 67.0 Å². The van der Waals surface area contributed by atoms with Crippen LogP contribution in [0.1, 0.15) is 35.2 Å². The quantitative estimate of drug-likeness (QED) is 0.664. The van der Waals surface area contributed by atoms with E-state index in [1.54, 1.807) is 0 Å². The van der Waals surface area contributed by atoms with Gasteiger partial charge in [0.05, 0.1) is 25.4 Å². The van der Waals surface area contributed by atoms with Gasteiger partial charge in [-0.25, -0.2) is 0 Å². The molecule has 0 aliphatic heterocycles. The molecule has 0 saturated heterocycles. The number of nitrogens with one attached hydrogen (secondary N) is 1. The fourth-order valence-electron chi connectivity index (χ4n) is 2.87. The number of rotatable bonds is 8. The molecular formula is C21H25N3O. The van der Waals surface area contributed by atoms with Gasteiger partial charge in [-0.15, -0.1) is 0 Å². The SMILES string of the molecule is CCc1ccc(C(CO)NCc2cnn(Cc3ccccc3)c2)cc1. The number of benzene rings is 2. The Morgan fingerprint density at radius 2 is 1.76 bits per heavy atom. The number of hydrogen-bond acceptors (Lipinski definition) is 3. The van der Waals surface area contributed by atoms with Crippen LogP contribution in [-0.2, 0) is 19.5 Å². The number of aryl methyl sites for hydroxylation is 1. The number of nitrogens with zero attached hydrogens (tertiary/aromatic N) is 2. The summed E-state index contributed by atoms with van der Waals surface area (Å²) in [6, 6.07) is 18.6. The van der Waals surface area contributed by atoms with Gasteiger partial charge in [0.25, 0.3) is 0 Å². The van der Waals surface area contributed by atoms with Gasteiger partial charge in [0.2, 0.25) is 0 Å². The molecule has 1 atom stereocenters. The Morgan fingerprint density at radius 3 is 2.44 bits per heavy atom. The number of aliphatic hydroxyl groups excluding tert-OH is 1. The highest BCUT2D eigenvalue weighted by atomic mass is 16.3. The predicted molar refractivity (Wildman–Crippen MR) is 100 cm³/mol. The summed E-state index contributed by atoms with van der Waals surface area (Å²) in [6.07, 6.45) is 4.96. The predicted octanol–water partition coefficient (Wildman–Crippen LogP) is 3.32. The van der Waals surface area contributed by atoms with Crippen molar-refractivity contribution in [2.24, 2.45) is 0 Å². The topological polar surface area (TPSA) is 50.1 Å². The van der Waals surface area contributed by atoms with Gasteiger partial charge in [0, 0.05) is 18.3 Å². The van der Waals surface area contributed by atoms with Gasteiger partial charge in [-0.1, -0.05) is 61.5 Å². The van der Waals surface area contributed by atoms with E-state index in [0.29, 0.717) is 6.54 Å². The van der Waals surface area contributed by atoms with Gasteiger partial charge in [-0.05, 0) is 23.1 Å². The van der Waals surface area contributed by atoms with Gasteiger partial charge >= 0.3 is 0 Å². The van der Waals surface area contributed by atoms with Crippen LogP contribution in [0.5, 0.6) is 0 Å². The molecule has 3 aromatic rings. The molecule has 0 amide bonds. The molecule has 130 valence electrons. The lowest BCUT2D eigenvalue weighted by Crippen LogP contribution is -2.23. The Morgan fingerprint density at radius 1 is 1.00 bits per heavy atom. The van der Waals surface area contributed by atoms with Crippen LogP contribution in [0.2, 0.25) is 0 Å². The second-order valence-electron chi connectivity index (χ2n) is 6.24. The molecule has 0 bridgehead atoms. The zero-order chi connectivity index (χ0) is 17.5. The van der Waals surface area contributed by atoms with Gasteiger partial charge in [-0.3, -0.25) is 4.68 Å². The van der Waals surface area contributed by atoms with Crippen LogP contribution in [0.25, 0.3) is 0 Å². The molecule has 0 aliphatic rings. The molecule has 2 N–H and O–H groups in total. The lowest BCUT2D eigenvalue weighted by Gasteiger charge is -2.16. The summed E-state index contributed by atoms with van der Waals surface area (Å²) in [7, 11) is 0. The van der Waals surface area contributed by atoms with E-state index in [2.05, 4.69) is 59.9 Å². The summed E-state index contributed by atoms with van der Waals surface area (Å²) in [5.41, 5.74) is 4.76. The summed E-state index contributed by atoms with van der Waals surface area (Å²) in [5, 5.41) is 17.5. The van der Waals surface area contributed by atoms with E-state index < -0.39 is 0 Å². The third-order valence-corrected chi connectivity index (χ3v) is 4.40. The molecule has 1 heterocycles.